The van der Waals surface area contributed by atoms with Gasteiger partial charge in [-0.25, -0.2) is 4.98 Å². The molecule has 0 aliphatic carbocycles. The summed E-state index contributed by atoms with van der Waals surface area (Å²) in [5.74, 6) is -0.0134. The molecule has 20 heavy (non-hydrogen) atoms. The molecule has 3 rings (SSSR count). The van der Waals surface area contributed by atoms with E-state index in [-0.39, 0.29) is 5.91 Å². The van der Waals surface area contributed by atoms with Gasteiger partial charge in [0.2, 0.25) is 5.91 Å². The van der Waals surface area contributed by atoms with Crippen molar-refractivity contribution < 1.29 is 4.79 Å². The Morgan fingerprint density at radius 3 is 2.70 bits per heavy atom. The lowest BCUT2D eigenvalue weighted by atomic mass is 10.0. The Bertz CT molecular complexity index is 709. The minimum atomic E-state index is -0.0134. The normalized spacial score (nSPS) is 13.2. The summed E-state index contributed by atoms with van der Waals surface area (Å²) in [7, 11) is 0. The molecule has 2 heterocycles. The van der Waals surface area contributed by atoms with Crippen molar-refractivity contribution in [1.29, 1.82) is 0 Å². The molecule has 0 saturated heterocycles. The van der Waals surface area contributed by atoms with Crippen LogP contribution in [-0.2, 0) is 11.3 Å². The first-order valence-corrected chi connectivity index (χ1v) is 6.73. The highest BCUT2D eigenvalue weighted by Gasteiger charge is 2.18. The highest BCUT2D eigenvalue weighted by Crippen LogP contribution is 2.28. The van der Waals surface area contributed by atoms with Gasteiger partial charge in [0.1, 0.15) is 5.15 Å². The Morgan fingerprint density at radius 1 is 1.15 bits per heavy atom. The summed E-state index contributed by atoms with van der Waals surface area (Å²) in [5, 5.41) is 0.439. The van der Waals surface area contributed by atoms with Crippen molar-refractivity contribution in [1.82, 2.24) is 4.98 Å². The van der Waals surface area contributed by atoms with Crippen molar-refractivity contribution in [2.75, 3.05) is 4.90 Å². The Hall–Kier alpha value is -2.13. The molecule has 2 aromatic rings. The summed E-state index contributed by atoms with van der Waals surface area (Å²) in [5.41, 5.74) is 3.69. The summed E-state index contributed by atoms with van der Waals surface area (Å²) < 4.78 is 0. The molecule has 0 unspecified atom stereocenters. The maximum Gasteiger partial charge on any atom is 0.224 e. The smallest absolute Gasteiger partial charge is 0.224 e. The van der Waals surface area contributed by atoms with E-state index in [9.17, 15) is 4.79 Å². The molecule has 1 aliphatic rings. The molecule has 1 aromatic carbocycles. The largest absolute Gasteiger partial charge is 0.306 e. The fraction of sp³-hybridized carbons (Fsp3) is 0.125. The van der Waals surface area contributed by atoms with Crippen LogP contribution < -0.4 is 4.90 Å². The Labute approximate surface area is 122 Å². The number of halogens is 1. The molecule has 3 nitrogen and oxygen atoms in total. The predicted molar refractivity (Wildman–Crippen MR) is 81.5 cm³/mol. The van der Waals surface area contributed by atoms with Crippen LogP contribution in [0.5, 0.6) is 0 Å². The summed E-state index contributed by atoms with van der Waals surface area (Å²) in [4.78, 5) is 18.0. The Balaban J connectivity index is 2.19. The van der Waals surface area contributed by atoms with Crippen molar-refractivity contribution in [3.05, 3.63) is 58.4 Å². The molecule has 1 amide bonds. The number of amides is 1. The Kier molecular flexibility index (Phi) is 3.28. The summed E-state index contributed by atoms with van der Waals surface area (Å²) in [6, 6.07) is 11.5. The number of fused-ring (bicyclic) bond motifs is 2. The van der Waals surface area contributed by atoms with Gasteiger partial charge in [0.05, 0.1) is 17.9 Å². The first kappa shape index (κ1) is 12.9. The van der Waals surface area contributed by atoms with E-state index >= 15 is 0 Å². The van der Waals surface area contributed by atoms with E-state index in [1.54, 1.807) is 17.9 Å². The maximum atomic E-state index is 12.0. The Morgan fingerprint density at radius 2 is 1.90 bits per heavy atom. The van der Waals surface area contributed by atoms with Crippen molar-refractivity contribution in [2.24, 2.45) is 0 Å². The lowest BCUT2D eigenvalue weighted by Crippen LogP contribution is -2.29. The zero-order chi connectivity index (χ0) is 14.1. The van der Waals surface area contributed by atoms with Crippen molar-refractivity contribution in [2.45, 2.75) is 13.5 Å². The minimum absolute atomic E-state index is 0.0134. The van der Waals surface area contributed by atoms with Crippen LogP contribution in [-0.4, -0.2) is 10.9 Å². The molecular formula is C16H13ClN2O. The molecule has 0 saturated carbocycles. The zero-order valence-electron chi connectivity index (χ0n) is 11.0. The molecule has 4 heteroatoms. The number of nitrogens with zero attached hydrogens (tertiary/aromatic N) is 2. The van der Waals surface area contributed by atoms with E-state index in [0.717, 1.165) is 22.5 Å². The van der Waals surface area contributed by atoms with Crippen LogP contribution in [0.25, 0.3) is 12.2 Å². The summed E-state index contributed by atoms with van der Waals surface area (Å²) in [6.45, 7) is 1.99. The van der Waals surface area contributed by atoms with E-state index in [2.05, 4.69) is 4.98 Å². The van der Waals surface area contributed by atoms with Gasteiger partial charge in [-0.1, -0.05) is 48.0 Å². The predicted octanol–water partition coefficient (Wildman–Crippen LogP) is 3.77. The van der Waals surface area contributed by atoms with E-state index in [1.165, 1.54) is 0 Å². The fourth-order valence-corrected chi connectivity index (χ4v) is 2.50. The number of para-hydroxylation sites is 1. The number of anilines is 1. The molecule has 1 aromatic heterocycles. The van der Waals surface area contributed by atoms with Crippen LogP contribution in [0, 0.1) is 0 Å². The third-order valence-electron chi connectivity index (χ3n) is 3.33. The van der Waals surface area contributed by atoms with Crippen molar-refractivity contribution >= 4 is 35.3 Å². The number of hydrogen-bond donors (Lipinski definition) is 0. The second-order valence-corrected chi connectivity index (χ2v) is 5.05. The molecular weight excluding hydrogens is 272 g/mol. The van der Waals surface area contributed by atoms with E-state index in [1.807, 2.05) is 42.5 Å². The first-order valence-electron chi connectivity index (χ1n) is 6.36. The van der Waals surface area contributed by atoms with Gasteiger partial charge in [-0.15, -0.1) is 0 Å². The van der Waals surface area contributed by atoms with Gasteiger partial charge in [0, 0.05) is 6.92 Å². The molecule has 0 atom stereocenters. The monoisotopic (exact) mass is 284 g/mol. The summed E-state index contributed by atoms with van der Waals surface area (Å²) in [6.07, 6.45) is 4.01. The zero-order valence-corrected chi connectivity index (χ0v) is 11.8. The van der Waals surface area contributed by atoms with Crippen LogP contribution in [0.3, 0.4) is 0 Å². The third kappa shape index (κ3) is 2.32. The number of pyridine rings is 1. The first-order chi connectivity index (χ1) is 9.65. The minimum Gasteiger partial charge on any atom is -0.306 e. The molecule has 100 valence electrons. The summed E-state index contributed by atoms with van der Waals surface area (Å²) >= 11 is 5.96. The van der Waals surface area contributed by atoms with Gasteiger partial charge in [-0.2, -0.15) is 0 Å². The van der Waals surface area contributed by atoms with Gasteiger partial charge in [-0.05, 0) is 23.3 Å². The third-order valence-corrected chi connectivity index (χ3v) is 3.54. The number of hydrogen-bond acceptors (Lipinski definition) is 2. The second kappa shape index (κ2) is 5.10. The quantitative estimate of drug-likeness (QED) is 0.690. The van der Waals surface area contributed by atoms with Crippen LogP contribution in [0.4, 0.5) is 5.69 Å². The average Bonchev–Trinajstić information content (AvgIpc) is 2.41. The van der Waals surface area contributed by atoms with E-state index < -0.39 is 0 Å². The van der Waals surface area contributed by atoms with Crippen LogP contribution in [0.2, 0.25) is 5.15 Å². The van der Waals surface area contributed by atoms with Crippen molar-refractivity contribution in [3.63, 3.8) is 0 Å². The average molecular weight is 285 g/mol. The number of aromatic nitrogens is 1. The number of rotatable bonds is 0. The van der Waals surface area contributed by atoms with Gasteiger partial charge in [0.25, 0.3) is 0 Å². The van der Waals surface area contributed by atoms with Gasteiger partial charge in [0.15, 0.2) is 0 Å². The molecule has 0 bridgehead atoms. The maximum absolute atomic E-state index is 12.0. The van der Waals surface area contributed by atoms with Crippen LogP contribution in [0.15, 0.2) is 36.4 Å². The lowest BCUT2D eigenvalue weighted by Gasteiger charge is -2.25. The van der Waals surface area contributed by atoms with Gasteiger partial charge >= 0.3 is 0 Å². The van der Waals surface area contributed by atoms with Crippen LogP contribution in [0.1, 0.15) is 23.7 Å². The highest BCUT2D eigenvalue weighted by atomic mass is 35.5. The standard InChI is InChI=1S/C16H13ClN2O/c1-11(20)19-10-14-12(8-9-16(17)18-14)6-7-13-4-2-3-5-15(13)19/h2-9H,10H2,1H3. The molecule has 0 N–H and O–H groups in total. The number of benzene rings is 1. The van der Waals surface area contributed by atoms with Gasteiger partial charge < -0.3 is 4.90 Å². The molecule has 0 fully saturated rings. The highest BCUT2D eigenvalue weighted by molar-refractivity contribution is 6.29. The molecule has 1 aliphatic heterocycles. The fourth-order valence-electron chi connectivity index (χ4n) is 2.33. The van der Waals surface area contributed by atoms with Crippen LogP contribution >= 0.6 is 11.6 Å². The molecule has 0 spiro atoms. The van der Waals surface area contributed by atoms with E-state index in [0.29, 0.717) is 11.7 Å². The van der Waals surface area contributed by atoms with Gasteiger partial charge in [-0.3, -0.25) is 4.79 Å². The molecule has 0 radical (unpaired) electrons. The van der Waals surface area contributed by atoms with E-state index in [4.69, 9.17) is 11.6 Å². The second-order valence-electron chi connectivity index (χ2n) is 4.67. The lowest BCUT2D eigenvalue weighted by molar-refractivity contribution is -0.116. The number of carbonyl (C=O) groups is 1. The SMILES string of the molecule is CC(=O)N1Cc2nc(Cl)ccc2C=Cc2ccccc21. The van der Waals surface area contributed by atoms with Crippen molar-refractivity contribution in [3.8, 4) is 0 Å². The number of carbonyl (C=O) groups excluding carboxylic acids is 1. The topological polar surface area (TPSA) is 33.2 Å².